The molecule has 0 saturated heterocycles. The van der Waals surface area contributed by atoms with Crippen molar-refractivity contribution in [1.29, 1.82) is 0 Å². The van der Waals surface area contributed by atoms with Gasteiger partial charge in [0.2, 0.25) is 0 Å². The normalized spacial score (nSPS) is 11.4. The summed E-state index contributed by atoms with van der Waals surface area (Å²) in [7, 11) is 0. The van der Waals surface area contributed by atoms with Gasteiger partial charge in [-0.1, -0.05) is 12.1 Å². The number of ether oxygens (including phenoxy) is 2. The van der Waals surface area contributed by atoms with Crippen LogP contribution in [0.4, 0.5) is 8.78 Å². The van der Waals surface area contributed by atoms with Gasteiger partial charge in [-0.05, 0) is 69.0 Å². The first-order valence-electron chi connectivity index (χ1n) is 10.7. The zero-order chi connectivity index (χ0) is 24.0. The minimum Gasteiger partial charge on any atom is -0.476 e. The number of rotatable bonds is 10. The molecule has 0 unspecified atom stereocenters. The molecule has 0 aliphatic carbocycles. The third-order valence-corrected chi connectivity index (χ3v) is 4.92. The Morgan fingerprint density at radius 3 is 2.36 bits per heavy atom. The van der Waals surface area contributed by atoms with Crippen LogP contribution < -0.4 is 10.4 Å². The van der Waals surface area contributed by atoms with Crippen molar-refractivity contribution in [2.75, 3.05) is 6.61 Å². The Kier molecular flexibility index (Phi) is 7.63. The fourth-order valence-corrected chi connectivity index (χ4v) is 3.32. The lowest BCUT2D eigenvalue weighted by Crippen LogP contribution is -2.39. The molecule has 1 N–H and O–H groups in total. The van der Waals surface area contributed by atoms with E-state index in [0.29, 0.717) is 23.6 Å². The van der Waals surface area contributed by atoms with E-state index < -0.39 is 28.9 Å². The molecule has 0 fully saturated rings. The lowest BCUT2D eigenvalue weighted by Gasteiger charge is -2.24. The van der Waals surface area contributed by atoms with Crippen LogP contribution in [0.25, 0.3) is 0 Å². The predicted octanol–water partition coefficient (Wildman–Crippen LogP) is 3.79. The van der Waals surface area contributed by atoms with E-state index in [1.54, 1.807) is 32.9 Å². The summed E-state index contributed by atoms with van der Waals surface area (Å²) in [6.45, 7) is 5.33. The van der Waals surface area contributed by atoms with Crippen molar-refractivity contribution in [3.63, 3.8) is 0 Å². The van der Waals surface area contributed by atoms with Gasteiger partial charge in [0.05, 0.1) is 13.2 Å². The SMILES string of the molecule is CCOC(=O)C(C)(C)Oc1ccc(CCCc2nn(Cc3cc(F)cc(F)c3)c(=O)[nH]2)cc1. The van der Waals surface area contributed by atoms with Crippen LogP contribution in [0.2, 0.25) is 0 Å². The van der Waals surface area contributed by atoms with Gasteiger partial charge in [0.15, 0.2) is 5.60 Å². The number of nitrogens with one attached hydrogen (secondary N) is 1. The van der Waals surface area contributed by atoms with Crippen LogP contribution >= 0.6 is 0 Å². The summed E-state index contributed by atoms with van der Waals surface area (Å²) in [5.74, 6) is -0.754. The maximum Gasteiger partial charge on any atom is 0.349 e. The number of H-pyrrole nitrogens is 1. The summed E-state index contributed by atoms with van der Waals surface area (Å²) in [5.41, 5.74) is -0.130. The van der Waals surface area contributed by atoms with Crippen molar-refractivity contribution < 1.29 is 23.0 Å². The Labute approximate surface area is 190 Å². The van der Waals surface area contributed by atoms with Crippen LogP contribution in [0, 0.1) is 11.6 Å². The number of hydrogen-bond donors (Lipinski definition) is 1. The van der Waals surface area contributed by atoms with Crippen molar-refractivity contribution in [2.45, 2.75) is 52.2 Å². The van der Waals surface area contributed by atoms with Crippen molar-refractivity contribution in [3.8, 4) is 5.75 Å². The van der Waals surface area contributed by atoms with Gasteiger partial charge in [-0.2, -0.15) is 5.10 Å². The van der Waals surface area contributed by atoms with E-state index in [2.05, 4.69) is 10.1 Å². The lowest BCUT2D eigenvalue weighted by atomic mass is 10.1. The number of carbonyl (C=O) groups excluding carboxylic acids is 1. The summed E-state index contributed by atoms with van der Waals surface area (Å²) in [4.78, 5) is 26.7. The smallest absolute Gasteiger partial charge is 0.349 e. The van der Waals surface area contributed by atoms with Crippen molar-refractivity contribution >= 4 is 5.97 Å². The van der Waals surface area contributed by atoms with Gasteiger partial charge in [0, 0.05) is 12.5 Å². The van der Waals surface area contributed by atoms with Gasteiger partial charge in [-0.15, -0.1) is 0 Å². The highest BCUT2D eigenvalue weighted by molar-refractivity contribution is 5.79. The molecule has 3 rings (SSSR count). The van der Waals surface area contributed by atoms with Gasteiger partial charge >= 0.3 is 11.7 Å². The summed E-state index contributed by atoms with van der Waals surface area (Å²) in [6.07, 6.45) is 2.01. The monoisotopic (exact) mass is 459 g/mol. The molecule has 3 aromatic rings. The fourth-order valence-electron chi connectivity index (χ4n) is 3.32. The molecule has 0 aliphatic heterocycles. The number of aromatic nitrogens is 3. The average molecular weight is 459 g/mol. The first-order chi connectivity index (χ1) is 15.7. The van der Waals surface area contributed by atoms with E-state index in [0.717, 1.165) is 29.2 Å². The Hall–Kier alpha value is -3.49. The molecule has 9 heteroatoms. The highest BCUT2D eigenvalue weighted by Crippen LogP contribution is 2.21. The quantitative estimate of drug-likeness (QED) is 0.466. The molecular weight excluding hydrogens is 432 g/mol. The Bertz CT molecular complexity index is 1130. The Morgan fingerprint density at radius 1 is 1.06 bits per heavy atom. The standard InChI is InChI=1S/C24H27F2N3O4/c1-4-32-22(30)24(2,3)33-20-10-8-16(9-11-20)6-5-7-21-27-23(31)29(28-21)15-17-12-18(25)14-19(26)13-17/h8-14H,4-7,15H2,1-3H3,(H,27,28,31). The molecule has 0 spiro atoms. The van der Waals surface area contributed by atoms with Crippen LogP contribution in [0.15, 0.2) is 47.3 Å². The molecule has 0 saturated carbocycles. The van der Waals surface area contributed by atoms with E-state index in [1.165, 1.54) is 12.1 Å². The Morgan fingerprint density at radius 2 is 1.73 bits per heavy atom. The largest absolute Gasteiger partial charge is 0.476 e. The van der Waals surface area contributed by atoms with Crippen LogP contribution in [-0.2, 0) is 28.9 Å². The minimum atomic E-state index is -1.08. The van der Waals surface area contributed by atoms with Gasteiger partial charge in [0.25, 0.3) is 0 Å². The molecule has 0 aliphatic rings. The number of carbonyl (C=O) groups is 1. The van der Waals surface area contributed by atoms with Gasteiger partial charge < -0.3 is 9.47 Å². The number of hydrogen-bond acceptors (Lipinski definition) is 5. The van der Waals surface area contributed by atoms with E-state index in [1.807, 2.05) is 12.1 Å². The zero-order valence-corrected chi connectivity index (χ0v) is 18.9. The molecule has 0 radical (unpaired) electrons. The first-order valence-corrected chi connectivity index (χ1v) is 10.7. The zero-order valence-electron chi connectivity index (χ0n) is 18.9. The average Bonchev–Trinajstić information content (AvgIpc) is 3.07. The molecule has 1 aromatic heterocycles. The summed E-state index contributed by atoms with van der Waals surface area (Å²) in [5, 5.41) is 4.22. The van der Waals surface area contributed by atoms with E-state index in [4.69, 9.17) is 9.47 Å². The second kappa shape index (κ2) is 10.4. The van der Waals surface area contributed by atoms with Crippen molar-refractivity contribution in [1.82, 2.24) is 14.8 Å². The van der Waals surface area contributed by atoms with Gasteiger partial charge in [0.1, 0.15) is 23.2 Å². The maximum absolute atomic E-state index is 13.4. The molecule has 7 nitrogen and oxygen atoms in total. The van der Waals surface area contributed by atoms with E-state index >= 15 is 0 Å². The minimum absolute atomic E-state index is 0.0202. The van der Waals surface area contributed by atoms with Crippen LogP contribution in [0.5, 0.6) is 5.75 Å². The third-order valence-electron chi connectivity index (χ3n) is 4.92. The second-order valence-electron chi connectivity index (χ2n) is 8.14. The molecule has 0 bridgehead atoms. The Balaban J connectivity index is 1.53. The summed E-state index contributed by atoms with van der Waals surface area (Å²) >= 11 is 0. The summed E-state index contributed by atoms with van der Waals surface area (Å²) < 4.78 is 38.6. The molecule has 33 heavy (non-hydrogen) atoms. The molecule has 176 valence electrons. The number of esters is 1. The highest BCUT2D eigenvalue weighted by atomic mass is 19.1. The molecule has 2 aromatic carbocycles. The molecular formula is C24H27F2N3O4. The summed E-state index contributed by atoms with van der Waals surface area (Å²) in [6, 6.07) is 10.5. The van der Waals surface area contributed by atoms with E-state index in [9.17, 15) is 18.4 Å². The topological polar surface area (TPSA) is 86.2 Å². The third kappa shape index (κ3) is 6.74. The second-order valence-corrected chi connectivity index (χ2v) is 8.14. The van der Waals surface area contributed by atoms with E-state index in [-0.39, 0.29) is 13.2 Å². The lowest BCUT2D eigenvalue weighted by molar-refractivity contribution is -0.158. The fraction of sp³-hybridized carbons (Fsp3) is 0.375. The van der Waals surface area contributed by atoms with Crippen LogP contribution in [0.3, 0.4) is 0 Å². The van der Waals surface area contributed by atoms with Gasteiger partial charge in [-0.25, -0.2) is 23.1 Å². The number of aromatic amines is 1. The number of benzene rings is 2. The first kappa shape index (κ1) is 24.2. The predicted molar refractivity (Wildman–Crippen MR) is 118 cm³/mol. The van der Waals surface area contributed by atoms with Crippen molar-refractivity contribution in [2.24, 2.45) is 0 Å². The number of aryl methyl sites for hydroxylation is 2. The highest BCUT2D eigenvalue weighted by Gasteiger charge is 2.31. The maximum atomic E-state index is 13.4. The van der Waals surface area contributed by atoms with Crippen molar-refractivity contribution in [3.05, 3.63) is 81.5 Å². The molecule has 0 amide bonds. The van der Waals surface area contributed by atoms with Crippen LogP contribution in [-0.4, -0.2) is 32.9 Å². The molecule has 1 heterocycles. The molecule has 0 atom stereocenters. The van der Waals surface area contributed by atoms with Crippen LogP contribution in [0.1, 0.15) is 44.1 Å². The van der Waals surface area contributed by atoms with Gasteiger partial charge in [-0.3, -0.25) is 4.98 Å². The number of nitrogens with zero attached hydrogens (tertiary/aromatic N) is 2. The number of halogens is 2.